The van der Waals surface area contributed by atoms with Crippen molar-refractivity contribution in [2.45, 2.75) is 64.2 Å². The van der Waals surface area contributed by atoms with E-state index in [1.54, 1.807) is 32.9 Å². The van der Waals surface area contributed by atoms with Gasteiger partial charge in [-0.1, -0.05) is 39.8 Å². The van der Waals surface area contributed by atoms with E-state index in [0.717, 1.165) is 35.1 Å². The van der Waals surface area contributed by atoms with Crippen molar-refractivity contribution >= 4 is 43.2 Å². The van der Waals surface area contributed by atoms with E-state index in [9.17, 15) is 26.4 Å². The Kier molecular flexibility index (Phi) is 11.5. The van der Waals surface area contributed by atoms with Crippen molar-refractivity contribution < 1.29 is 26.4 Å². The molecule has 54 heavy (non-hydrogen) atoms. The van der Waals surface area contributed by atoms with Gasteiger partial charge in [0.15, 0.2) is 0 Å². The summed E-state index contributed by atoms with van der Waals surface area (Å²) in [4.78, 5) is 26.7. The van der Waals surface area contributed by atoms with Crippen LogP contribution in [0, 0.1) is 37.5 Å². The van der Waals surface area contributed by atoms with Gasteiger partial charge in [-0.15, -0.1) is 0 Å². The number of carbonyl (C=O) groups excluding carboxylic acids is 2. The van der Waals surface area contributed by atoms with Gasteiger partial charge in [-0.25, -0.2) is 16.8 Å². The van der Waals surface area contributed by atoms with Crippen LogP contribution in [0.2, 0.25) is 0 Å². The van der Waals surface area contributed by atoms with Crippen LogP contribution in [0.15, 0.2) is 94.7 Å². The molecule has 2 fully saturated rings. The summed E-state index contributed by atoms with van der Waals surface area (Å²) in [7, 11) is -7.29. The molecule has 4 aromatic carbocycles. The summed E-state index contributed by atoms with van der Waals surface area (Å²) < 4.78 is 56.2. The topological polar surface area (TPSA) is 133 Å². The van der Waals surface area contributed by atoms with E-state index in [1.807, 2.05) is 50.2 Å². The fourth-order valence-corrected chi connectivity index (χ4v) is 11.2. The number of hydrogen-bond donors (Lipinski definition) is 2. The van der Waals surface area contributed by atoms with Crippen molar-refractivity contribution in [3.05, 3.63) is 107 Å². The number of aryl methyl sites for hydroxylation is 2. The highest BCUT2D eigenvalue weighted by Crippen LogP contribution is 2.31. The Labute approximate surface area is 320 Å². The molecular weight excluding hydrogens is 721 g/mol. The van der Waals surface area contributed by atoms with E-state index >= 15 is 0 Å². The standard InChI is InChI=1S/C42H50N4O6S2/c1-27-19-28(2)24-45(23-27)53(49,50)37-13-7-33(8-14-37)41(47)43-39-17-11-35(21-31(39)5)36-12-18-40(32(6)22-36)44-42(48)34-9-15-38(16-10-34)54(51,52)46-25-29(3)20-30(4)26-46/h7-18,21-22,27-30H,19-20,23-26H2,1-6H3,(H,43,47)(H,44,48)/t27-,28-,29-,30+/m0/s1. The molecule has 2 saturated heterocycles. The third-order valence-corrected chi connectivity index (χ3v) is 14.2. The molecule has 0 spiro atoms. The van der Waals surface area contributed by atoms with Gasteiger partial charge in [-0.05, 0) is 145 Å². The van der Waals surface area contributed by atoms with Crippen molar-refractivity contribution in [1.82, 2.24) is 8.61 Å². The van der Waals surface area contributed by atoms with Gasteiger partial charge in [0.2, 0.25) is 20.0 Å². The van der Waals surface area contributed by atoms with Gasteiger partial charge < -0.3 is 10.6 Å². The van der Waals surface area contributed by atoms with Crippen LogP contribution < -0.4 is 10.6 Å². The van der Waals surface area contributed by atoms with Gasteiger partial charge in [-0.2, -0.15) is 8.61 Å². The van der Waals surface area contributed by atoms with E-state index in [1.165, 1.54) is 24.3 Å². The minimum absolute atomic E-state index is 0.182. The molecule has 0 radical (unpaired) electrons. The maximum absolute atomic E-state index is 13.3. The molecule has 0 saturated carbocycles. The first-order valence-electron chi connectivity index (χ1n) is 18.6. The first-order valence-corrected chi connectivity index (χ1v) is 21.4. The normalized spacial score (nSPS) is 21.4. The molecule has 2 aliphatic heterocycles. The molecular formula is C42H50N4O6S2. The molecule has 0 bridgehead atoms. The Morgan fingerprint density at radius 2 is 0.833 bits per heavy atom. The number of sulfonamides is 2. The van der Waals surface area contributed by atoms with Crippen LogP contribution in [0.1, 0.15) is 72.4 Å². The highest BCUT2D eigenvalue weighted by molar-refractivity contribution is 7.89. The van der Waals surface area contributed by atoms with Crippen LogP contribution in [0.5, 0.6) is 0 Å². The molecule has 2 heterocycles. The van der Waals surface area contributed by atoms with Crippen molar-refractivity contribution in [3.8, 4) is 11.1 Å². The fourth-order valence-electron chi connectivity index (χ4n) is 7.81. The molecule has 12 heteroatoms. The summed E-state index contributed by atoms with van der Waals surface area (Å²) in [5, 5.41) is 5.89. The second-order valence-corrected chi connectivity index (χ2v) is 19.4. The summed E-state index contributed by atoms with van der Waals surface area (Å²) in [6.07, 6.45) is 2.01. The molecule has 286 valence electrons. The molecule has 2 amide bonds. The second-order valence-electron chi connectivity index (χ2n) is 15.6. The number of rotatable bonds is 9. The van der Waals surface area contributed by atoms with Crippen LogP contribution in [0.25, 0.3) is 11.1 Å². The molecule has 10 nitrogen and oxygen atoms in total. The van der Waals surface area contributed by atoms with Crippen molar-refractivity contribution in [2.75, 3.05) is 36.8 Å². The average molecular weight is 771 g/mol. The smallest absolute Gasteiger partial charge is 0.255 e. The summed E-state index contributed by atoms with van der Waals surface area (Å²) in [5.74, 6) is 0.503. The Morgan fingerprint density at radius 3 is 1.13 bits per heavy atom. The predicted octanol–water partition coefficient (Wildman–Crippen LogP) is 7.81. The fraction of sp³-hybridized carbons (Fsp3) is 0.381. The zero-order valence-corrected chi connectivity index (χ0v) is 33.4. The van der Waals surface area contributed by atoms with E-state index in [0.29, 0.717) is 72.4 Å². The Balaban J connectivity index is 1.08. The Morgan fingerprint density at radius 1 is 0.519 bits per heavy atom. The first-order chi connectivity index (χ1) is 25.5. The van der Waals surface area contributed by atoms with E-state index in [4.69, 9.17) is 0 Å². The van der Waals surface area contributed by atoms with Crippen LogP contribution >= 0.6 is 0 Å². The monoisotopic (exact) mass is 770 g/mol. The summed E-state index contributed by atoms with van der Waals surface area (Å²) >= 11 is 0. The molecule has 0 aromatic heterocycles. The number of anilines is 2. The lowest BCUT2D eigenvalue weighted by atomic mass is 9.94. The second kappa shape index (κ2) is 15.8. The molecule has 2 N–H and O–H groups in total. The van der Waals surface area contributed by atoms with Crippen LogP contribution in [-0.2, 0) is 20.0 Å². The van der Waals surface area contributed by atoms with Gasteiger partial charge in [-0.3, -0.25) is 9.59 Å². The van der Waals surface area contributed by atoms with E-state index in [-0.39, 0.29) is 21.6 Å². The number of carbonyl (C=O) groups is 2. The predicted molar refractivity (Wildman–Crippen MR) is 214 cm³/mol. The van der Waals surface area contributed by atoms with E-state index < -0.39 is 20.0 Å². The minimum Gasteiger partial charge on any atom is -0.322 e. The lowest BCUT2D eigenvalue weighted by molar-refractivity contribution is 0.101. The molecule has 0 unspecified atom stereocenters. The first kappa shape index (κ1) is 39.3. The molecule has 0 aliphatic carbocycles. The summed E-state index contributed by atoms with van der Waals surface area (Å²) in [6, 6.07) is 23.6. The lowest BCUT2D eigenvalue weighted by Crippen LogP contribution is -2.42. The van der Waals surface area contributed by atoms with Crippen molar-refractivity contribution in [1.29, 1.82) is 0 Å². The number of nitrogens with zero attached hydrogens (tertiary/aromatic N) is 2. The highest BCUT2D eigenvalue weighted by atomic mass is 32.2. The van der Waals surface area contributed by atoms with Crippen LogP contribution in [-0.4, -0.2) is 63.4 Å². The number of amides is 2. The molecule has 2 aliphatic rings. The Hall–Kier alpha value is -4.36. The number of hydrogen-bond acceptors (Lipinski definition) is 6. The number of benzene rings is 4. The maximum Gasteiger partial charge on any atom is 0.255 e. The Bertz CT molecular complexity index is 2080. The maximum atomic E-state index is 13.3. The van der Waals surface area contributed by atoms with Gasteiger partial charge in [0.1, 0.15) is 0 Å². The van der Waals surface area contributed by atoms with Crippen molar-refractivity contribution in [2.24, 2.45) is 23.7 Å². The van der Waals surface area contributed by atoms with Crippen LogP contribution in [0.3, 0.4) is 0 Å². The zero-order chi connectivity index (χ0) is 38.9. The molecule has 6 rings (SSSR count). The van der Waals surface area contributed by atoms with Gasteiger partial charge in [0.25, 0.3) is 11.8 Å². The third kappa shape index (κ3) is 8.62. The van der Waals surface area contributed by atoms with Gasteiger partial charge >= 0.3 is 0 Å². The summed E-state index contributed by atoms with van der Waals surface area (Å²) in [5.41, 5.74) is 5.53. The van der Waals surface area contributed by atoms with Crippen LogP contribution in [0.4, 0.5) is 11.4 Å². The molecule has 4 aromatic rings. The largest absolute Gasteiger partial charge is 0.322 e. The molecule has 4 atom stereocenters. The summed E-state index contributed by atoms with van der Waals surface area (Å²) in [6.45, 7) is 14.1. The quantitative estimate of drug-likeness (QED) is 0.179. The van der Waals surface area contributed by atoms with Gasteiger partial charge in [0, 0.05) is 48.7 Å². The average Bonchev–Trinajstić information content (AvgIpc) is 3.12. The van der Waals surface area contributed by atoms with Crippen molar-refractivity contribution in [3.63, 3.8) is 0 Å². The number of piperidine rings is 2. The third-order valence-electron chi connectivity index (χ3n) is 10.5. The highest BCUT2D eigenvalue weighted by Gasteiger charge is 2.33. The lowest BCUT2D eigenvalue weighted by Gasteiger charge is -2.34. The number of nitrogens with one attached hydrogen (secondary N) is 2. The van der Waals surface area contributed by atoms with Gasteiger partial charge in [0.05, 0.1) is 9.79 Å². The minimum atomic E-state index is -3.64. The zero-order valence-electron chi connectivity index (χ0n) is 31.8. The van der Waals surface area contributed by atoms with E-state index in [2.05, 4.69) is 38.3 Å². The SMILES string of the molecule is Cc1cc(-c2ccc(NC(=O)c3ccc(S(=O)(=O)N4C[C@@H](C)C[C@H](C)C4)cc3)c(C)c2)ccc1NC(=O)c1ccc(S(=O)(=O)N2C[C@H](C)C[C@H](C)C2)cc1.